The molecule has 0 aromatic rings. The molecule has 0 aromatic heterocycles. The zero-order chi connectivity index (χ0) is 15.1. The Labute approximate surface area is 113 Å². The number of carbonyl (C=O) groups is 3. The molecule has 0 aromatic carbocycles. The predicted octanol–water partition coefficient (Wildman–Crippen LogP) is 0.152. The number of rotatable bonds is 5. The summed E-state index contributed by atoms with van der Waals surface area (Å²) in [7, 11) is 1.67. The lowest BCUT2D eigenvalue weighted by Crippen LogP contribution is -2.42. The molecule has 3 N–H and O–H groups in total. The molecule has 19 heavy (non-hydrogen) atoms. The van der Waals surface area contributed by atoms with E-state index in [-0.39, 0.29) is 24.9 Å². The molecule has 0 saturated carbocycles. The van der Waals surface area contributed by atoms with Crippen LogP contribution in [0.25, 0.3) is 0 Å². The second-order valence-electron chi connectivity index (χ2n) is 5.10. The Kier molecular flexibility index (Phi) is 7.06. The minimum atomic E-state index is -0.785. The topological polar surface area (TPSA) is 96.5 Å². The van der Waals surface area contributed by atoms with Crippen molar-refractivity contribution in [1.29, 1.82) is 0 Å². The van der Waals surface area contributed by atoms with Gasteiger partial charge in [0.05, 0.1) is 6.04 Å². The number of amides is 3. The molecule has 0 radical (unpaired) electrons. The number of ether oxygens (including phenoxy) is 1. The summed E-state index contributed by atoms with van der Waals surface area (Å²) >= 11 is 0. The quantitative estimate of drug-likeness (QED) is 0.662. The maximum absolute atomic E-state index is 11.4. The number of hydrogen-bond donors (Lipinski definition) is 3. The summed E-state index contributed by atoms with van der Waals surface area (Å²) in [5.74, 6) is -0.695. The van der Waals surface area contributed by atoms with Crippen LogP contribution in [0.3, 0.4) is 0 Å². The SMILES string of the molecule is CN[C@@H](C)C(=O)NCCC(=O)NC(=O)OC(C)(C)C. The molecule has 0 spiro atoms. The molecule has 0 aliphatic rings. The highest BCUT2D eigenvalue weighted by atomic mass is 16.6. The second kappa shape index (κ2) is 7.73. The van der Waals surface area contributed by atoms with Crippen LogP contribution in [0.15, 0.2) is 0 Å². The van der Waals surface area contributed by atoms with Crippen molar-refractivity contribution < 1.29 is 19.1 Å². The molecule has 7 nitrogen and oxygen atoms in total. The molecule has 0 saturated heterocycles. The van der Waals surface area contributed by atoms with Crippen molar-refractivity contribution in [2.24, 2.45) is 0 Å². The minimum absolute atomic E-state index is 0.0153. The van der Waals surface area contributed by atoms with Crippen molar-refractivity contribution in [2.45, 2.75) is 45.8 Å². The molecule has 0 bridgehead atoms. The van der Waals surface area contributed by atoms with E-state index in [0.717, 1.165) is 0 Å². The Balaban J connectivity index is 3.88. The summed E-state index contributed by atoms with van der Waals surface area (Å²) in [5.41, 5.74) is -0.652. The lowest BCUT2D eigenvalue weighted by Gasteiger charge is -2.19. The zero-order valence-corrected chi connectivity index (χ0v) is 12.1. The van der Waals surface area contributed by atoms with Gasteiger partial charge in [-0.1, -0.05) is 0 Å². The van der Waals surface area contributed by atoms with Crippen LogP contribution in [-0.2, 0) is 14.3 Å². The summed E-state index contributed by atoms with van der Waals surface area (Å²) in [6, 6.07) is -0.325. The first kappa shape index (κ1) is 17.4. The smallest absolute Gasteiger partial charge is 0.414 e. The van der Waals surface area contributed by atoms with E-state index in [2.05, 4.69) is 16.0 Å². The number of alkyl carbamates (subject to hydrolysis) is 1. The highest BCUT2D eigenvalue weighted by Crippen LogP contribution is 2.06. The van der Waals surface area contributed by atoms with Crippen molar-refractivity contribution >= 4 is 17.9 Å². The zero-order valence-electron chi connectivity index (χ0n) is 12.1. The predicted molar refractivity (Wildman–Crippen MR) is 70.5 cm³/mol. The molecular weight excluding hydrogens is 250 g/mol. The van der Waals surface area contributed by atoms with Crippen LogP contribution in [0, 0.1) is 0 Å². The fraction of sp³-hybridized carbons (Fsp3) is 0.750. The molecule has 0 aliphatic carbocycles. The van der Waals surface area contributed by atoms with Gasteiger partial charge in [0.1, 0.15) is 5.60 Å². The number of likely N-dealkylation sites (N-methyl/N-ethyl adjacent to an activating group) is 1. The third-order valence-electron chi connectivity index (χ3n) is 2.12. The molecule has 3 amide bonds. The number of nitrogens with one attached hydrogen (secondary N) is 3. The van der Waals surface area contributed by atoms with Crippen LogP contribution in [-0.4, -0.2) is 43.1 Å². The Bertz CT molecular complexity index is 336. The molecule has 0 unspecified atom stereocenters. The van der Waals surface area contributed by atoms with E-state index in [1.165, 1.54) is 0 Å². The Morgan fingerprint density at radius 3 is 2.26 bits per heavy atom. The summed E-state index contributed by atoms with van der Waals surface area (Å²) in [6.07, 6.45) is -0.770. The lowest BCUT2D eigenvalue weighted by atomic mass is 10.2. The highest BCUT2D eigenvalue weighted by molar-refractivity contribution is 5.92. The largest absolute Gasteiger partial charge is 0.444 e. The maximum Gasteiger partial charge on any atom is 0.414 e. The standard InChI is InChI=1S/C12H23N3O4/c1-8(13-5)10(17)14-7-6-9(16)15-11(18)19-12(2,3)4/h8,13H,6-7H2,1-5H3,(H,14,17)(H,15,16,18)/t8-/m0/s1. The molecular formula is C12H23N3O4. The molecule has 0 rings (SSSR count). The third kappa shape index (κ3) is 9.01. The monoisotopic (exact) mass is 273 g/mol. The van der Waals surface area contributed by atoms with Crippen molar-refractivity contribution in [3.63, 3.8) is 0 Å². The van der Waals surface area contributed by atoms with E-state index >= 15 is 0 Å². The van der Waals surface area contributed by atoms with Crippen molar-refractivity contribution in [3.8, 4) is 0 Å². The van der Waals surface area contributed by atoms with E-state index in [9.17, 15) is 14.4 Å². The fourth-order valence-corrected chi connectivity index (χ4v) is 1.06. The normalized spacial score (nSPS) is 12.5. The van der Waals surface area contributed by atoms with Gasteiger partial charge in [-0.25, -0.2) is 4.79 Å². The van der Waals surface area contributed by atoms with Crippen molar-refractivity contribution in [1.82, 2.24) is 16.0 Å². The number of carbonyl (C=O) groups excluding carboxylic acids is 3. The fourth-order valence-electron chi connectivity index (χ4n) is 1.06. The van der Waals surface area contributed by atoms with Gasteiger partial charge < -0.3 is 15.4 Å². The molecule has 0 aliphatic heterocycles. The van der Waals surface area contributed by atoms with Crippen LogP contribution < -0.4 is 16.0 Å². The molecule has 0 fully saturated rings. The van der Waals surface area contributed by atoms with Gasteiger partial charge in [-0.2, -0.15) is 0 Å². The van der Waals surface area contributed by atoms with E-state index in [1.807, 2.05) is 0 Å². The van der Waals surface area contributed by atoms with Gasteiger partial charge >= 0.3 is 6.09 Å². The van der Waals surface area contributed by atoms with E-state index in [4.69, 9.17) is 4.74 Å². The Morgan fingerprint density at radius 1 is 1.21 bits per heavy atom. The first-order chi connectivity index (χ1) is 8.65. The second-order valence-corrected chi connectivity index (χ2v) is 5.10. The van der Waals surface area contributed by atoms with Crippen LogP contribution in [0.4, 0.5) is 4.79 Å². The van der Waals surface area contributed by atoms with Crippen LogP contribution in [0.5, 0.6) is 0 Å². The van der Waals surface area contributed by atoms with Crippen LogP contribution >= 0.6 is 0 Å². The average molecular weight is 273 g/mol. The van der Waals surface area contributed by atoms with Gasteiger partial charge in [-0.05, 0) is 34.7 Å². The Morgan fingerprint density at radius 2 is 1.79 bits per heavy atom. The summed E-state index contributed by atoms with van der Waals surface area (Å²) in [5, 5.41) is 7.43. The molecule has 0 heterocycles. The first-order valence-electron chi connectivity index (χ1n) is 6.13. The summed E-state index contributed by atoms with van der Waals surface area (Å²) in [4.78, 5) is 34.0. The van der Waals surface area contributed by atoms with E-state index in [1.54, 1.807) is 34.7 Å². The molecule has 7 heteroatoms. The van der Waals surface area contributed by atoms with Crippen molar-refractivity contribution in [2.75, 3.05) is 13.6 Å². The van der Waals surface area contributed by atoms with Gasteiger partial charge in [-0.15, -0.1) is 0 Å². The van der Waals surface area contributed by atoms with Gasteiger partial charge in [0.15, 0.2) is 0 Å². The first-order valence-corrected chi connectivity index (χ1v) is 6.13. The maximum atomic E-state index is 11.4. The van der Waals surface area contributed by atoms with Gasteiger partial charge in [0, 0.05) is 13.0 Å². The summed E-state index contributed by atoms with van der Waals surface area (Å²) in [6.45, 7) is 6.98. The highest BCUT2D eigenvalue weighted by Gasteiger charge is 2.18. The van der Waals surface area contributed by atoms with E-state index in [0.29, 0.717) is 0 Å². The molecule has 110 valence electrons. The van der Waals surface area contributed by atoms with Crippen LogP contribution in [0.1, 0.15) is 34.1 Å². The van der Waals surface area contributed by atoms with Gasteiger partial charge in [-0.3, -0.25) is 14.9 Å². The van der Waals surface area contributed by atoms with Gasteiger partial charge in [0.25, 0.3) is 0 Å². The van der Waals surface area contributed by atoms with Gasteiger partial charge in [0.2, 0.25) is 11.8 Å². The number of hydrogen-bond acceptors (Lipinski definition) is 5. The average Bonchev–Trinajstić information content (AvgIpc) is 2.24. The summed E-state index contributed by atoms with van der Waals surface area (Å²) < 4.78 is 4.92. The Hall–Kier alpha value is -1.63. The van der Waals surface area contributed by atoms with E-state index < -0.39 is 17.6 Å². The molecule has 1 atom stereocenters. The van der Waals surface area contributed by atoms with Crippen LogP contribution in [0.2, 0.25) is 0 Å². The third-order valence-corrected chi connectivity index (χ3v) is 2.12. The van der Waals surface area contributed by atoms with Crippen molar-refractivity contribution in [3.05, 3.63) is 0 Å². The number of imide groups is 1. The minimum Gasteiger partial charge on any atom is -0.444 e. The lowest BCUT2D eigenvalue weighted by molar-refractivity contribution is -0.123.